The molecule has 0 spiro atoms. The molecule has 2 heterocycles. The molecule has 0 saturated carbocycles. The predicted octanol–water partition coefficient (Wildman–Crippen LogP) is 2.33. The van der Waals surface area contributed by atoms with Crippen LogP contribution in [-0.2, 0) is 0 Å². The van der Waals surface area contributed by atoms with E-state index in [1.807, 2.05) is 0 Å². The maximum atomic E-state index is 12.6. The van der Waals surface area contributed by atoms with Crippen molar-refractivity contribution in [1.29, 1.82) is 0 Å². The van der Waals surface area contributed by atoms with Crippen LogP contribution in [0.1, 0.15) is 16.4 Å². The molecule has 3 heteroatoms. The minimum Gasteiger partial charge on any atom is -0.316 e. The van der Waals surface area contributed by atoms with E-state index in [0.717, 1.165) is 13.1 Å². The van der Waals surface area contributed by atoms with Gasteiger partial charge < -0.3 is 5.32 Å². The van der Waals surface area contributed by atoms with E-state index in [9.17, 15) is 4.39 Å². The van der Waals surface area contributed by atoms with Gasteiger partial charge in [0.2, 0.25) is 0 Å². The number of thiophene rings is 1. The molecular formula is C10H14FNS. The first kappa shape index (κ1) is 9.16. The fourth-order valence-corrected chi connectivity index (χ4v) is 3.09. The molecule has 1 fully saturated rings. The van der Waals surface area contributed by atoms with Crippen LogP contribution in [0.3, 0.4) is 0 Å². The summed E-state index contributed by atoms with van der Waals surface area (Å²) in [6.07, 6.45) is 0. The summed E-state index contributed by atoms with van der Waals surface area (Å²) in [7, 11) is 0. The second-order valence-corrected chi connectivity index (χ2v) is 4.59. The van der Waals surface area contributed by atoms with Crippen LogP contribution < -0.4 is 5.32 Å². The van der Waals surface area contributed by atoms with Crippen LogP contribution >= 0.6 is 11.3 Å². The van der Waals surface area contributed by atoms with E-state index in [4.69, 9.17) is 0 Å². The third-order valence-corrected chi connectivity index (χ3v) is 3.93. The van der Waals surface area contributed by atoms with Crippen LogP contribution in [0.5, 0.6) is 0 Å². The first-order valence-corrected chi connectivity index (χ1v) is 5.51. The van der Waals surface area contributed by atoms with Crippen LogP contribution in [-0.4, -0.2) is 19.8 Å². The summed E-state index contributed by atoms with van der Waals surface area (Å²) in [5, 5.41) is 5.35. The Bertz CT molecular complexity index is 284. The van der Waals surface area contributed by atoms with Crippen LogP contribution in [0.2, 0.25) is 0 Å². The Labute approximate surface area is 82.0 Å². The molecule has 1 aromatic rings. The van der Waals surface area contributed by atoms with Crippen molar-refractivity contribution >= 4 is 11.3 Å². The summed E-state index contributed by atoms with van der Waals surface area (Å²) in [5.74, 6) is 0.599. The van der Waals surface area contributed by atoms with Crippen LogP contribution in [0, 0.1) is 12.8 Å². The molecule has 1 nitrogen and oxygen atoms in total. The smallest absolute Gasteiger partial charge is 0.0941 e. The zero-order valence-corrected chi connectivity index (χ0v) is 8.53. The highest BCUT2D eigenvalue weighted by Crippen LogP contribution is 2.33. The van der Waals surface area contributed by atoms with E-state index in [-0.39, 0.29) is 12.6 Å². The highest BCUT2D eigenvalue weighted by Gasteiger charge is 2.29. The van der Waals surface area contributed by atoms with E-state index in [1.165, 1.54) is 10.4 Å². The molecule has 0 amide bonds. The van der Waals surface area contributed by atoms with Gasteiger partial charge in [-0.1, -0.05) is 0 Å². The first-order valence-electron chi connectivity index (χ1n) is 4.63. The monoisotopic (exact) mass is 199 g/mol. The Morgan fingerprint density at radius 1 is 1.62 bits per heavy atom. The van der Waals surface area contributed by atoms with Gasteiger partial charge in [-0.3, -0.25) is 4.39 Å². The van der Waals surface area contributed by atoms with Crippen molar-refractivity contribution in [2.24, 2.45) is 5.92 Å². The molecule has 1 saturated heterocycles. The molecule has 2 rings (SSSR count). The highest BCUT2D eigenvalue weighted by molar-refractivity contribution is 7.10. The van der Waals surface area contributed by atoms with Gasteiger partial charge in [-0.2, -0.15) is 0 Å². The molecule has 2 atom stereocenters. The zero-order valence-electron chi connectivity index (χ0n) is 7.72. The summed E-state index contributed by atoms with van der Waals surface area (Å²) in [6, 6.07) is 2.12. The SMILES string of the molecule is Cc1ccsc1[C@@H]1CNC[C@H]1CF. The van der Waals surface area contributed by atoms with E-state index in [1.54, 1.807) is 11.3 Å². The topological polar surface area (TPSA) is 12.0 Å². The largest absolute Gasteiger partial charge is 0.316 e. The summed E-state index contributed by atoms with van der Waals surface area (Å²) >= 11 is 1.76. The predicted molar refractivity (Wildman–Crippen MR) is 54.1 cm³/mol. The summed E-state index contributed by atoms with van der Waals surface area (Å²) < 4.78 is 12.6. The van der Waals surface area contributed by atoms with E-state index in [2.05, 4.69) is 23.7 Å². The minimum absolute atomic E-state index is 0.192. The summed E-state index contributed by atoms with van der Waals surface area (Å²) in [6.45, 7) is 3.68. The summed E-state index contributed by atoms with van der Waals surface area (Å²) in [5.41, 5.74) is 1.32. The Kier molecular flexibility index (Phi) is 2.65. The van der Waals surface area contributed by atoms with Gasteiger partial charge in [0.25, 0.3) is 0 Å². The van der Waals surface area contributed by atoms with Crippen molar-refractivity contribution in [3.05, 3.63) is 21.9 Å². The fraction of sp³-hybridized carbons (Fsp3) is 0.600. The maximum absolute atomic E-state index is 12.6. The molecule has 1 aromatic heterocycles. The lowest BCUT2D eigenvalue weighted by molar-refractivity contribution is 0.360. The van der Waals surface area contributed by atoms with E-state index < -0.39 is 0 Å². The third kappa shape index (κ3) is 1.63. The fourth-order valence-electron chi connectivity index (χ4n) is 1.97. The van der Waals surface area contributed by atoms with Gasteiger partial charge in [-0.05, 0) is 23.9 Å². The number of aryl methyl sites for hydroxylation is 1. The van der Waals surface area contributed by atoms with Crippen molar-refractivity contribution in [3.63, 3.8) is 0 Å². The van der Waals surface area contributed by atoms with Crippen molar-refractivity contribution < 1.29 is 4.39 Å². The number of halogens is 1. The van der Waals surface area contributed by atoms with Gasteiger partial charge in [-0.15, -0.1) is 11.3 Å². The van der Waals surface area contributed by atoms with Gasteiger partial charge >= 0.3 is 0 Å². The normalized spacial score (nSPS) is 28.2. The van der Waals surface area contributed by atoms with Crippen molar-refractivity contribution in [3.8, 4) is 0 Å². The van der Waals surface area contributed by atoms with Gasteiger partial charge in [0.05, 0.1) is 6.67 Å². The minimum atomic E-state index is -0.199. The summed E-state index contributed by atoms with van der Waals surface area (Å²) in [4.78, 5) is 1.37. The van der Waals surface area contributed by atoms with Crippen LogP contribution in [0.25, 0.3) is 0 Å². The lowest BCUT2D eigenvalue weighted by atomic mass is 9.94. The van der Waals surface area contributed by atoms with E-state index in [0.29, 0.717) is 5.92 Å². The average molecular weight is 199 g/mol. The molecular weight excluding hydrogens is 185 g/mol. The number of rotatable bonds is 2. The molecule has 72 valence electrons. The molecule has 0 bridgehead atoms. The zero-order chi connectivity index (χ0) is 9.26. The van der Waals surface area contributed by atoms with Gasteiger partial charge in [-0.25, -0.2) is 0 Å². The number of hydrogen-bond donors (Lipinski definition) is 1. The van der Waals surface area contributed by atoms with Crippen LogP contribution in [0.4, 0.5) is 4.39 Å². The van der Waals surface area contributed by atoms with Crippen molar-refractivity contribution in [2.75, 3.05) is 19.8 Å². The quantitative estimate of drug-likeness (QED) is 0.771. The molecule has 1 N–H and O–H groups in total. The van der Waals surface area contributed by atoms with E-state index >= 15 is 0 Å². The standard InChI is InChI=1S/C10H14FNS/c1-7-2-3-13-10(7)9-6-12-5-8(9)4-11/h2-3,8-9,12H,4-6H2,1H3/t8-,9-/m1/s1. The first-order chi connectivity index (χ1) is 6.33. The average Bonchev–Trinajstić information content (AvgIpc) is 2.71. The number of alkyl halides is 1. The Morgan fingerprint density at radius 3 is 3.08 bits per heavy atom. The van der Waals surface area contributed by atoms with Gasteiger partial charge in [0.1, 0.15) is 0 Å². The van der Waals surface area contributed by atoms with Crippen molar-refractivity contribution in [2.45, 2.75) is 12.8 Å². The third-order valence-electron chi connectivity index (χ3n) is 2.78. The Balaban J connectivity index is 2.20. The van der Waals surface area contributed by atoms with Crippen LogP contribution in [0.15, 0.2) is 11.4 Å². The lowest BCUT2D eigenvalue weighted by Crippen LogP contribution is -2.12. The molecule has 13 heavy (non-hydrogen) atoms. The molecule has 0 unspecified atom stereocenters. The highest BCUT2D eigenvalue weighted by atomic mass is 32.1. The van der Waals surface area contributed by atoms with Crippen molar-refractivity contribution in [1.82, 2.24) is 5.32 Å². The molecule has 1 aliphatic heterocycles. The second kappa shape index (κ2) is 3.76. The lowest BCUT2D eigenvalue weighted by Gasteiger charge is -2.14. The maximum Gasteiger partial charge on any atom is 0.0941 e. The number of hydrogen-bond acceptors (Lipinski definition) is 2. The molecule has 0 aliphatic carbocycles. The second-order valence-electron chi connectivity index (χ2n) is 3.65. The molecule has 1 aliphatic rings. The molecule has 0 aromatic carbocycles. The van der Waals surface area contributed by atoms with Gasteiger partial charge in [0, 0.05) is 29.8 Å². The number of nitrogens with one attached hydrogen (secondary N) is 1. The molecule has 0 radical (unpaired) electrons. The Hall–Kier alpha value is -0.410. The van der Waals surface area contributed by atoms with Gasteiger partial charge in [0.15, 0.2) is 0 Å². The Morgan fingerprint density at radius 2 is 2.46 bits per heavy atom.